The lowest BCUT2D eigenvalue weighted by Gasteiger charge is -2.34. The van der Waals surface area contributed by atoms with Gasteiger partial charge >= 0.3 is 5.69 Å². The molecule has 59 heavy (non-hydrogen) atoms. The van der Waals surface area contributed by atoms with Crippen molar-refractivity contribution >= 4 is 56.1 Å². The Morgan fingerprint density at radius 2 is 1.59 bits per heavy atom. The first-order valence-corrected chi connectivity index (χ1v) is 21.8. The first kappa shape index (κ1) is 45.4. The normalized spacial score (nSPS) is 13.8. The number of hydrogen-bond donors (Lipinski definition) is 5. The van der Waals surface area contributed by atoms with E-state index in [4.69, 9.17) is 34.7 Å². The number of aliphatic imine (C=N–C) groups is 1. The van der Waals surface area contributed by atoms with E-state index >= 15 is 0 Å². The van der Waals surface area contributed by atoms with Gasteiger partial charge in [-0.2, -0.15) is 9.29 Å². The summed E-state index contributed by atoms with van der Waals surface area (Å²) in [5, 5.41) is 7.86. The monoisotopic (exact) mass is 863 g/mol. The van der Waals surface area contributed by atoms with Crippen molar-refractivity contribution in [3.63, 3.8) is 0 Å². The van der Waals surface area contributed by atoms with Gasteiger partial charge in [0.2, 0.25) is 10.0 Å². The predicted octanol–water partition coefficient (Wildman–Crippen LogP) is 6.64. The number of aromatic nitrogens is 3. The molecule has 1 saturated heterocycles. The molecule has 1 fully saturated rings. The Bertz CT molecular complexity index is 2420. The van der Waals surface area contributed by atoms with Crippen LogP contribution in [0.3, 0.4) is 0 Å². The quantitative estimate of drug-likeness (QED) is 0.0554. The van der Waals surface area contributed by atoms with E-state index in [9.17, 15) is 18.0 Å². The molecule has 1 aliphatic heterocycles. The fraction of sp³-hybridized carbons (Fsp3) is 0.395. The highest BCUT2D eigenvalue weighted by molar-refractivity contribution is 7.89. The molecule has 0 bridgehead atoms. The van der Waals surface area contributed by atoms with Crippen molar-refractivity contribution in [3.8, 4) is 5.69 Å². The van der Waals surface area contributed by atoms with Crippen LogP contribution in [0.5, 0.6) is 0 Å². The lowest BCUT2D eigenvalue weighted by molar-refractivity contribution is 0.0953. The summed E-state index contributed by atoms with van der Waals surface area (Å²) in [6.45, 7) is 15.4. The van der Waals surface area contributed by atoms with Crippen LogP contribution in [0.4, 0.5) is 0 Å². The number of hydrogen-bond acceptors (Lipinski definition) is 7. The summed E-state index contributed by atoms with van der Waals surface area (Å²) < 4.78 is 30.3. The number of fused-ring (bicyclic) bond motifs is 1. The van der Waals surface area contributed by atoms with E-state index in [0.717, 1.165) is 48.1 Å². The van der Waals surface area contributed by atoms with Crippen LogP contribution in [0.25, 0.3) is 16.7 Å². The Balaban J connectivity index is 0.000000224. The van der Waals surface area contributed by atoms with Gasteiger partial charge in [0, 0.05) is 53.9 Å². The molecule has 0 spiro atoms. The maximum Gasteiger partial charge on any atom is 0.354 e. The van der Waals surface area contributed by atoms with E-state index in [1.165, 1.54) is 4.57 Å². The number of amides is 1. The van der Waals surface area contributed by atoms with Gasteiger partial charge in [0.15, 0.2) is 5.96 Å². The van der Waals surface area contributed by atoms with E-state index in [2.05, 4.69) is 67.1 Å². The summed E-state index contributed by atoms with van der Waals surface area (Å²) >= 11 is 12.2. The van der Waals surface area contributed by atoms with E-state index in [-0.39, 0.29) is 41.0 Å². The second-order valence-electron chi connectivity index (χ2n) is 16.6. The van der Waals surface area contributed by atoms with Gasteiger partial charge in [0.05, 0.1) is 20.6 Å². The number of sulfonamides is 1. The molecule has 1 amide bonds. The van der Waals surface area contributed by atoms with Crippen molar-refractivity contribution in [2.24, 2.45) is 16.5 Å². The average Bonchev–Trinajstić information content (AvgIpc) is 3.62. The van der Waals surface area contributed by atoms with Crippen LogP contribution < -0.4 is 27.8 Å². The lowest BCUT2D eigenvalue weighted by Crippen LogP contribution is -2.45. The van der Waals surface area contributed by atoms with Crippen molar-refractivity contribution in [1.29, 1.82) is 0 Å². The Kier molecular flexibility index (Phi) is 14.7. The Labute approximate surface area is 356 Å². The number of guanidine groups is 1. The van der Waals surface area contributed by atoms with E-state index < -0.39 is 10.0 Å². The molecule has 13 nitrogen and oxygen atoms in total. The molecule has 3 aromatic carbocycles. The topological polar surface area (TPSA) is 194 Å². The molecule has 0 unspecified atom stereocenters. The minimum atomic E-state index is -3.65. The van der Waals surface area contributed by atoms with Crippen LogP contribution in [-0.2, 0) is 27.4 Å². The Morgan fingerprint density at radius 3 is 2.19 bits per heavy atom. The first-order chi connectivity index (χ1) is 27.7. The zero-order chi connectivity index (χ0) is 43.1. The molecule has 3 heterocycles. The van der Waals surface area contributed by atoms with Gasteiger partial charge in [-0.1, -0.05) is 82.9 Å². The highest BCUT2D eigenvalue weighted by Crippen LogP contribution is 2.30. The number of nitrogens with zero attached hydrogens (tertiary/aromatic N) is 4. The van der Waals surface area contributed by atoms with Crippen molar-refractivity contribution in [1.82, 2.24) is 29.5 Å². The summed E-state index contributed by atoms with van der Waals surface area (Å²) in [4.78, 5) is 36.3. The molecule has 0 aliphatic carbocycles. The minimum Gasteiger partial charge on any atom is -0.370 e. The van der Waals surface area contributed by atoms with Gasteiger partial charge in [-0.25, -0.2) is 13.2 Å². The average molecular weight is 865 g/mol. The summed E-state index contributed by atoms with van der Waals surface area (Å²) in [6.07, 6.45) is 3.95. The fourth-order valence-electron chi connectivity index (χ4n) is 6.53. The Hall–Kier alpha value is -4.73. The molecular formula is C43H55Cl2N9O4S. The molecule has 1 aliphatic rings. The number of piperidine rings is 1. The van der Waals surface area contributed by atoms with Crippen LogP contribution >= 0.6 is 23.2 Å². The third-order valence-corrected chi connectivity index (χ3v) is 12.7. The maximum atomic E-state index is 13.6. The molecule has 7 N–H and O–H groups in total. The third kappa shape index (κ3) is 11.9. The zero-order valence-electron chi connectivity index (χ0n) is 34.5. The van der Waals surface area contributed by atoms with Crippen molar-refractivity contribution < 1.29 is 13.2 Å². The number of rotatable bonds is 11. The van der Waals surface area contributed by atoms with Gasteiger partial charge in [-0.15, -0.1) is 0 Å². The van der Waals surface area contributed by atoms with Crippen LogP contribution in [-0.4, -0.2) is 71.3 Å². The molecule has 316 valence electrons. The molecule has 5 aromatic rings. The lowest BCUT2D eigenvalue weighted by atomic mass is 9.87. The number of nitrogens with two attached hydrogens (primary N) is 2. The predicted molar refractivity (Wildman–Crippen MR) is 238 cm³/mol. The molecular weight excluding hydrogens is 810 g/mol. The van der Waals surface area contributed by atoms with Crippen molar-refractivity contribution in [3.05, 3.63) is 122 Å². The highest BCUT2D eigenvalue weighted by Gasteiger charge is 2.33. The van der Waals surface area contributed by atoms with Crippen LogP contribution in [0.15, 0.2) is 93.7 Å². The fourth-order valence-corrected chi connectivity index (χ4v) is 8.53. The largest absolute Gasteiger partial charge is 0.370 e. The Morgan fingerprint density at radius 1 is 0.932 bits per heavy atom. The molecule has 6 rings (SSSR count). The van der Waals surface area contributed by atoms with Crippen LogP contribution in [0.2, 0.25) is 10.0 Å². The molecule has 0 radical (unpaired) electrons. The van der Waals surface area contributed by atoms with Crippen molar-refractivity contribution in [2.75, 3.05) is 26.2 Å². The summed E-state index contributed by atoms with van der Waals surface area (Å²) in [6, 6.07) is 21.3. The second-order valence-corrected chi connectivity index (χ2v) is 19.4. The number of aromatic amines is 1. The minimum absolute atomic E-state index is 0.0307. The number of halogens is 2. The first-order valence-electron chi connectivity index (χ1n) is 19.6. The van der Waals surface area contributed by atoms with Crippen LogP contribution in [0, 0.1) is 0 Å². The number of carbonyl (C=O) groups excluding carboxylic acids is 1. The summed E-state index contributed by atoms with van der Waals surface area (Å²) in [7, 11) is -3.65. The maximum absolute atomic E-state index is 13.6. The van der Waals surface area contributed by atoms with E-state index in [1.807, 2.05) is 24.3 Å². The number of carbonyl (C=O) groups is 1. The zero-order valence-corrected chi connectivity index (χ0v) is 36.8. The SMILES string of the molecule is CC(C)(C)c1cc2cn(-c3ccc(C(=O)NCCCN=C(N)N)cc3)c(=O)nc2[nH]1.CC(C)(C)c1ccc(S(=O)(=O)N(Cc2ccc(Cl)c(Cl)c2)C2CCNCC2)cc1. The highest BCUT2D eigenvalue weighted by atomic mass is 35.5. The number of benzene rings is 3. The molecule has 0 atom stereocenters. The smallest absolute Gasteiger partial charge is 0.354 e. The van der Waals surface area contributed by atoms with Crippen molar-refractivity contribution in [2.45, 2.75) is 89.1 Å². The van der Waals surface area contributed by atoms with Gasteiger partial charge in [0.25, 0.3) is 5.91 Å². The molecule has 0 saturated carbocycles. The molecule has 16 heteroatoms. The van der Waals surface area contributed by atoms with Gasteiger partial charge in [0.1, 0.15) is 5.65 Å². The van der Waals surface area contributed by atoms with Gasteiger partial charge in [-0.05, 0) is 103 Å². The van der Waals surface area contributed by atoms with Crippen LogP contribution in [0.1, 0.15) is 88.0 Å². The second kappa shape index (κ2) is 19.1. The van der Waals surface area contributed by atoms with E-state index in [0.29, 0.717) is 51.3 Å². The van der Waals surface area contributed by atoms with Gasteiger partial charge < -0.3 is 27.1 Å². The number of nitrogens with one attached hydrogen (secondary N) is 3. The van der Waals surface area contributed by atoms with E-state index in [1.54, 1.807) is 59.0 Å². The summed E-state index contributed by atoms with van der Waals surface area (Å²) in [5.41, 5.74) is 14.7. The summed E-state index contributed by atoms with van der Waals surface area (Å²) in [5.74, 6) is -0.165. The third-order valence-electron chi connectivity index (χ3n) is 10.0. The van der Waals surface area contributed by atoms with Gasteiger partial charge in [-0.3, -0.25) is 14.4 Å². The number of H-pyrrole nitrogens is 1. The molecule has 2 aromatic heterocycles. The standard InChI is InChI=1S/C22H28Cl2N2O2S.C21H27N7O2/c1-22(2,3)17-5-7-19(8-6-17)29(27,28)26(18-10-12-25-13-11-18)15-16-4-9-20(23)21(24)14-16;1-21(2,3)16-11-14-12-28(20(30)27-17(14)26-16)15-7-5-13(6-8-15)18(29)24-9-4-10-25-19(22)23/h4-9,14,18,25H,10-13,15H2,1-3H3;5-8,11-12H,4,9-10H2,1-3H3,(H,24,29)(H4,22,23,25)(H,26,27,30).